The molecular formula is C12H14Cl2N2O3. The second-order valence-corrected chi connectivity index (χ2v) is 4.50. The Bertz CT molecular complexity index is 446. The number of hydrogen-bond donors (Lipinski definition) is 2. The van der Waals surface area contributed by atoms with E-state index in [0.29, 0.717) is 22.3 Å². The Labute approximate surface area is 121 Å². The van der Waals surface area contributed by atoms with E-state index in [4.69, 9.17) is 27.9 Å². The first kappa shape index (κ1) is 15.6. The van der Waals surface area contributed by atoms with Crippen molar-refractivity contribution in [3.05, 3.63) is 28.2 Å². The molecular weight excluding hydrogens is 291 g/mol. The van der Waals surface area contributed by atoms with Gasteiger partial charge in [-0.15, -0.1) is 0 Å². The summed E-state index contributed by atoms with van der Waals surface area (Å²) in [5.41, 5.74) is 0. The highest BCUT2D eigenvalue weighted by molar-refractivity contribution is 6.34. The second-order valence-electron chi connectivity index (χ2n) is 3.62. The molecule has 19 heavy (non-hydrogen) atoms. The van der Waals surface area contributed by atoms with E-state index >= 15 is 0 Å². The summed E-state index contributed by atoms with van der Waals surface area (Å²) in [5, 5.41) is 5.83. The van der Waals surface area contributed by atoms with Gasteiger partial charge in [-0.25, -0.2) is 0 Å². The van der Waals surface area contributed by atoms with Crippen molar-refractivity contribution < 1.29 is 14.3 Å². The fourth-order valence-corrected chi connectivity index (χ4v) is 1.76. The van der Waals surface area contributed by atoms with Crippen LogP contribution in [0.4, 0.5) is 0 Å². The molecule has 1 aromatic rings. The van der Waals surface area contributed by atoms with Crippen LogP contribution in [-0.2, 0) is 9.59 Å². The van der Waals surface area contributed by atoms with Crippen molar-refractivity contribution in [1.82, 2.24) is 10.6 Å². The number of amides is 2. The van der Waals surface area contributed by atoms with Crippen LogP contribution >= 0.6 is 23.2 Å². The van der Waals surface area contributed by atoms with E-state index in [1.807, 2.05) is 0 Å². The highest BCUT2D eigenvalue weighted by atomic mass is 35.5. The summed E-state index contributed by atoms with van der Waals surface area (Å²) in [4.78, 5) is 22.5. The number of nitrogens with one attached hydrogen (secondary N) is 2. The number of hydrogen-bond acceptors (Lipinski definition) is 3. The van der Waals surface area contributed by atoms with Crippen LogP contribution in [-0.4, -0.2) is 31.5 Å². The lowest BCUT2D eigenvalue weighted by molar-refractivity contribution is -0.127. The van der Waals surface area contributed by atoms with Gasteiger partial charge in [-0.2, -0.15) is 0 Å². The smallest absolute Gasteiger partial charge is 0.258 e. The Morgan fingerprint density at radius 2 is 1.74 bits per heavy atom. The molecule has 0 fully saturated rings. The Balaban J connectivity index is 2.35. The molecule has 0 saturated carbocycles. The van der Waals surface area contributed by atoms with Gasteiger partial charge >= 0.3 is 0 Å². The van der Waals surface area contributed by atoms with Crippen molar-refractivity contribution in [2.24, 2.45) is 0 Å². The molecule has 0 bridgehead atoms. The predicted octanol–water partition coefficient (Wildman–Crippen LogP) is 1.62. The molecule has 0 heterocycles. The third-order valence-electron chi connectivity index (χ3n) is 2.03. The molecule has 0 unspecified atom stereocenters. The van der Waals surface area contributed by atoms with Crippen molar-refractivity contribution in [1.29, 1.82) is 0 Å². The number of halogens is 2. The lowest BCUT2D eigenvalue weighted by Crippen LogP contribution is -2.38. The van der Waals surface area contributed by atoms with Gasteiger partial charge in [-0.1, -0.05) is 23.2 Å². The molecule has 0 saturated heterocycles. The van der Waals surface area contributed by atoms with Gasteiger partial charge in [0.25, 0.3) is 5.91 Å². The average Bonchev–Trinajstić information content (AvgIpc) is 2.33. The molecule has 0 radical (unpaired) electrons. The van der Waals surface area contributed by atoms with Crippen LogP contribution in [0.15, 0.2) is 18.2 Å². The minimum absolute atomic E-state index is 0.0770. The maximum atomic E-state index is 11.4. The Kier molecular flexibility index (Phi) is 6.45. The lowest BCUT2D eigenvalue weighted by atomic mass is 10.3. The number of likely N-dealkylation sites (N-methyl/N-ethyl adjacent to an activating group) is 1. The van der Waals surface area contributed by atoms with Gasteiger partial charge in [0.2, 0.25) is 5.91 Å². The van der Waals surface area contributed by atoms with Crippen LogP contribution < -0.4 is 15.4 Å². The molecule has 2 amide bonds. The largest absolute Gasteiger partial charge is 0.484 e. The third kappa shape index (κ3) is 6.31. The van der Waals surface area contributed by atoms with Gasteiger partial charge in [-0.3, -0.25) is 9.59 Å². The number of carbonyl (C=O) groups excluding carboxylic acids is 2. The number of carbonyl (C=O) groups is 2. The summed E-state index contributed by atoms with van der Waals surface area (Å²) in [6.07, 6.45) is 0. The van der Waals surface area contributed by atoms with Gasteiger partial charge in [0.1, 0.15) is 5.75 Å². The monoisotopic (exact) mass is 304 g/mol. The minimum Gasteiger partial charge on any atom is -0.484 e. The van der Waals surface area contributed by atoms with Crippen LogP contribution in [0.2, 0.25) is 10.0 Å². The molecule has 104 valence electrons. The Morgan fingerprint density at radius 3 is 2.32 bits per heavy atom. The minimum atomic E-state index is -0.401. The zero-order valence-corrected chi connectivity index (χ0v) is 11.8. The van der Waals surface area contributed by atoms with Gasteiger partial charge in [0.05, 0.1) is 6.54 Å². The zero-order chi connectivity index (χ0) is 14.3. The molecule has 0 spiro atoms. The maximum absolute atomic E-state index is 11.4. The molecule has 0 aliphatic carbocycles. The van der Waals surface area contributed by atoms with E-state index in [1.165, 1.54) is 0 Å². The normalized spacial score (nSPS) is 9.84. The van der Waals surface area contributed by atoms with Crippen molar-refractivity contribution in [2.75, 3.05) is 19.7 Å². The molecule has 0 atom stereocenters. The van der Waals surface area contributed by atoms with Crippen LogP contribution in [0.3, 0.4) is 0 Å². The fourth-order valence-electron chi connectivity index (χ4n) is 1.25. The lowest BCUT2D eigenvalue weighted by Gasteiger charge is -2.08. The van der Waals surface area contributed by atoms with E-state index < -0.39 is 5.91 Å². The molecule has 1 rings (SSSR count). The van der Waals surface area contributed by atoms with Crippen LogP contribution in [0.25, 0.3) is 0 Å². The van der Waals surface area contributed by atoms with Crippen molar-refractivity contribution in [2.45, 2.75) is 6.92 Å². The number of rotatable bonds is 6. The van der Waals surface area contributed by atoms with Crippen molar-refractivity contribution in [3.63, 3.8) is 0 Å². The molecule has 1 aromatic carbocycles. The molecule has 5 nitrogen and oxygen atoms in total. The van der Waals surface area contributed by atoms with E-state index in [2.05, 4.69) is 10.6 Å². The third-order valence-corrected chi connectivity index (χ3v) is 2.46. The summed E-state index contributed by atoms with van der Waals surface area (Å²) in [7, 11) is 0. The summed E-state index contributed by atoms with van der Waals surface area (Å²) in [6.45, 7) is 2.03. The zero-order valence-electron chi connectivity index (χ0n) is 10.3. The van der Waals surface area contributed by atoms with E-state index in [0.717, 1.165) is 0 Å². The standard InChI is InChI=1S/C12H14Cl2N2O3/c1-2-15-11(17)6-16-12(18)7-19-10-4-8(13)3-9(14)5-10/h3-5H,2,6-7H2,1H3,(H,15,17)(H,16,18). The first-order chi connectivity index (χ1) is 9.01. The summed E-state index contributed by atoms with van der Waals surface area (Å²) in [5.74, 6) is -0.255. The summed E-state index contributed by atoms with van der Waals surface area (Å²) >= 11 is 11.6. The van der Waals surface area contributed by atoms with E-state index in [9.17, 15) is 9.59 Å². The fraction of sp³-hybridized carbons (Fsp3) is 0.333. The van der Waals surface area contributed by atoms with Crippen molar-refractivity contribution in [3.8, 4) is 5.75 Å². The first-order valence-electron chi connectivity index (χ1n) is 5.63. The molecule has 7 heteroatoms. The Morgan fingerprint density at radius 1 is 1.11 bits per heavy atom. The summed E-state index contributed by atoms with van der Waals surface area (Å²) in [6, 6.07) is 4.65. The first-order valence-corrected chi connectivity index (χ1v) is 6.39. The molecule has 0 aromatic heterocycles. The topological polar surface area (TPSA) is 67.4 Å². The van der Waals surface area contributed by atoms with Crippen LogP contribution in [0.1, 0.15) is 6.92 Å². The Hall–Kier alpha value is -1.46. The van der Waals surface area contributed by atoms with E-state index in [1.54, 1.807) is 25.1 Å². The molecule has 0 aliphatic rings. The van der Waals surface area contributed by atoms with Crippen LogP contribution in [0, 0.1) is 0 Å². The highest BCUT2D eigenvalue weighted by Crippen LogP contribution is 2.23. The summed E-state index contributed by atoms with van der Waals surface area (Å²) < 4.78 is 5.21. The second kappa shape index (κ2) is 7.86. The molecule has 2 N–H and O–H groups in total. The van der Waals surface area contributed by atoms with Crippen LogP contribution in [0.5, 0.6) is 5.75 Å². The van der Waals surface area contributed by atoms with Crippen molar-refractivity contribution >= 4 is 35.0 Å². The average molecular weight is 305 g/mol. The van der Waals surface area contributed by atoms with E-state index in [-0.39, 0.29) is 19.1 Å². The van der Waals surface area contributed by atoms with Gasteiger partial charge in [0.15, 0.2) is 6.61 Å². The number of ether oxygens (including phenoxy) is 1. The highest BCUT2D eigenvalue weighted by Gasteiger charge is 2.06. The van der Waals surface area contributed by atoms with Gasteiger partial charge < -0.3 is 15.4 Å². The predicted molar refractivity (Wildman–Crippen MR) is 73.7 cm³/mol. The maximum Gasteiger partial charge on any atom is 0.258 e. The molecule has 0 aliphatic heterocycles. The van der Waals surface area contributed by atoms with Gasteiger partial charge in [-0.05, 0) is 25.1 Å². The number of benzene rings is 1. The van der Waals surface area contributed by atoms with Gasteiger partial charge in [0, 0.05) is 16.6 Å². The quantitative estimate of drug-likeness (QED) is 0.839. The SMILES string of the molecule is CCNC(=O)CNC(=O)COc1cc(Cl)cc(Cl)c1.